The maximum atomic E-state index is 10.8. The Labute approximate surface area is 110 Å². The fraction of sp³-hybridized carbons (Fsp3) is 0.154. The van der Waals surface area contributed by atoms with E-state index in [0.717, 1.165) is 11.3 Å². The maximum Gasteiger partial charge on any atom is 0.356 e. The molecule has 2 aromatic rings. The second kappa shape index (κ2) is 5.92. The first-order valence-corrected chi connectivity index (χ1v) is 5.59. The third-order valence-electron chi connectivity index (χ3n) is 2.36. The lowest BCUT2D eigenvalue weighted by molar-refractivity contribution is 0.0690. The van der Waals surface area contributed by atoms with Gasteiger partial charge in [-0.1, -0.05) is 12.1 Å². The monoisotopic (exact) mass is 259 g/mol. The predicted octanol–water partition coefficient (Wildman–Crippen LogP) is 2.06. The average Bonchev–Trinajstić information content (AvgIpc) is 2.40. The van der Waals surface area contributed by atoms with Crippen molar-refractivity contribution in [1.82, 2.24) is 9.97 Å². The highest BCUT2D eigenvalue weighted by molar-refractivity contribution is 5.85. The van der Waals surface area contributed by atoms with E-state index in [4.69, 9.17) is 9.84 Å². The summed E-state index contributed by atoms with van der Waals surface area (Å²) in [4.78, 5) is 18.6. The molecule has 0 radical (unpaired) electrons. The fourth-order valence-corrected chi connectivity index (χ4v) is 1.58. The lowest BCUT2D eigenvalue weighted by Gasteiger charge is -2.07. The van der Waals surface area contributed by atoms with E-state index in [-0.39, 0.29) is 5.69 Å². The van der Waals surface area contributed by atoms with Crippen LogP contribution in [0.15, 0.2) is 36.7 Å². The van der Waals surface area contributed by atoms with E-state index < -0.39 is 5.97 Å². The number of aromatic nitrogens is 2. The Kier molecular flexibility index (Phi) is 4.04. The van der Waals surface area contributed by atoms with Gasteiger partial charge in [0.25, 0.3) is 0 Å². The quantitative estimate of drug-likeness (QED) is 0.855. The number of rotatable bonds is 5. The molecule has 0 aliphatic rings. The molecule has 0 fully saturated rings. The normalized spacial score (nSPS) is 10.2. The molecule has 6 heteroatoms. The number of hydrogen-bond donors (Lipinski definition) is 2. The number of ether oxygens (including phenoxy) is 1. The van der Waals surface area contributed by atoms with E-state index in [9.17, 15) is 4.79 Å². The Balaban J connectivity index is 2.18. The minimum Gasteiger partial charge on any atom is -0.476 e. The third kappa shape index (κ3) is 3.49. The second-order valence-corrected chi connectivity index (χ2v) is 3.85. The van der Waals surface area contributed by atoms with Crippen LogP contribution in [0.5, 0.6) is 0 Å². The first-order chi connectivity index (χ1) is 9.19. The number of anilines is 2. The number of aromatic carboxylic acids is 1. The topological polar surface area (TPSA) is 84.3 Å². The molecule has 1 heterocycles. The van der Waals surface area contributed by atoms with Crippen molar-refractivity contribution < 1.29 is 14.6 Å². The van der Waals surface area contributed by atoms with Gasteiger partial charge in [0.05, 0.1) is 19.0 Å². The van der Waals surface area contributed by atoms with Crippen LogP contribution in [0.2, 0.25) is 0 Å². The van der Waals surface area contributed by atoms with Gasteiger partial charge in [0.1, 0.15) is 5.82 Å². The molecule has 0 bridgehead atoms. The van der Waals surface area contributed by atoms with E-state index in [0.29, 0.717) is 12.4 Å². The lowest BCUT2D eigenvalue weighted by Crippen LogP contribution is -2.04. The summed E-state index contributed by atoms with van der Waals surface area (Å²) < 4.78 is 5.05. The van der Waals surface area contributed by atoms with E-state index in [1.165, 1.54) is 12.4 Å². The van der Waals surface area contributed by atoms with Crippen LogP contribution in [-0.2, 0) is 11.3 Å². The number of carbonyl (C=O) groups is 1. The molecule has 0 atom stereocenters. The molecule has 0 aliphatic carbocycles. The highest BCUT2D eigenvalue weighted by Crippen LogP contribution is 2.16. The number of nitrogens with zero attached hydrogens (tertiary/aromatic N) is 2. The smallest absolute Gasteiger partial charge is 0.356 e. The van der Waals surface area contributed by atoms with E-state index >= 15 is 0 Å². The summed E-state index contributed by atoms with van der Waals surface area (Å²) in [7, 11) is 1.63. The van der Waals surface area contributed by atoms with Gasteiger partial charge in [-0.05, 0) is 17.7 Å². The van der Waals surface area contributed by atoms with Gasteiger partial charge in [0, 0.05) is 12.8 Å². The van der Waals surface area contributed by atoms with Crippen molar-refractivity contribution in [1.29, 1.82) is 0 Å². The van der Waals surface area contributed by atoms with Crippen molar-refractivity contribution in [2.45, 2.75) is 6.61 Å². The van der Waals surface area contributed by atoms with Crippen molar-refractivity contribution in [2.24, 2.45) is 0 Å². The zero-order valence-corrected chi connectivity index (χ0v) is 10.3. The Bertz CT molecular complexity index is 587. The van der Waals surface area contributed by atoms with Gasteiger partial charge in [-0.3, -0.25) is 4.98 Å². The molecular weight excluding hydrogens is 246 g/mol. The zero-order chi connectivity index (χ0) is 13.7. The number of carboxylic acids is 1. The Hall–Kier alpha value is -2.47. The first-order valence-electron chi connectivity index (χ1n) is 5.59. The van der Waals surface area contributed by atoms with E-state index in [2.05, 4.69) is 15.3 Å². The van der Waals surface area contributed by atoms with Gasteiger partial charge < -0.3 is 15.2 Å². The van der Waals surface area contributed by atoms with Gasteiger partial charge in [-0.2, -0.15) is 0 Å². The number of hydrogen-bond acceptors (Lipinski definition) is 5. The zero-order valence-electron chi connectivity index (χ0n) is 10.3. The second-order valence-electron chi connectivity index (χ2n) is 3.85. The molecule has 0 saturated carbocycles. The summed E-state index contributed by atoms with van der Waals surface area (Å²) in [5.41, 5.74) is 1.71. The summed E-state index contributed by atoms with van der Waals surface area (Å²) in [6, 6.07) is 7.58. The van der Waals surface area contributed by atoms with Crippen molar-refractivity contribution in [3.63, 3.8) is 0 Å². The number of methoxy groups -OCH3 is 1. The molecule has 98 valence electrons. The molecule has 2 N–H and O–H groups in total. The van der Waals surface area contributed by atoms with Gasteiger partial charge in [0.15, 0.2) is 5.69 Å². The number of carboxylic acid groups (broad SMARTS) is 1. The summed E-state index contributed by atoms with van der Waals surface area (Å²) >= 11 is 0. The van der Waals surface area contributed by atoms with Gasteiger partial charge in [-0.25, -0.2) is 9.78 Å². The van der Waals surface area contributed by atoms with Crippen LogP contribution in [-0.4, -0.2) is 28.2 Å². The van der Waals surface area contributed by atoms with Crippen LogP contribution in [0.25, 0.3) is 0 Å². The Morgan fingerprint density at radius 1 is 1.42 bits per heavy atom. The highest BCUT2D eigenvalue weighted by atomic mass is 16.5. The van der Waals surface area contributed by atoms with Gasteiger partial charge in [-0.15, -0.1) is 0 Å². The first kappa shape index (κ1) is 13.0. The maximum absolute atomic E-state index is 10.8. The van der Waals surface area contributed by atoms with Crippen LogP contribution >= 0.6 is 0 Å². The molecule has 6 nitrogen and oxygen atoms in total. The number of nitrogens with one attached hydrogen (secondary N) is 1. The summed E-state index contributed by atoms with van der Waals surface area (Å²) in [6.45, 7) is 0.510. The Morgan fingerprint density at radius 3 is 3.00 bits per heavy atom. The van der Waals surface area contributed by atoms with Crippen LogP contribution in [0.3, 0.4) is 0 Å². The minimum absolute atomic E-state index is 0.0990. The molecule has 0 spiro atoms. The minimum atomic E-state index is -1.11. The van der Waals surface area contributed by atoms with E-state index in [1.807, 2.05) is 24.3 Å². The van der Waals surface area contributed by atoms with Crippen molar-refractivity contribution in [3.8, 4) is 0 Å². The summed E-state index contributed by atoms with van der Waals surface area (Å²) in [5, 5.41) is 11.8. The van der Waals surface area contributed by atoms with Gasteiger partial charge in [0.2, 0.25) is 0 Å². The highest BCUT2D eigenvalue weighted by Gasteiger charge is 2.06. The summed E-state index contributed by atoms with van der Waals surface area (Å²) in [5.74, 6) is -0.723. The predicted molar refractivity (Wildman–Crippen MR) is 69.4 cm³/mol. The molecule has 1 aromatic heterocycles. The molecule has 0 saturated heterocycles. The number of benzene rings is 1. The van der Waals surface area contributed by atoms with Crippen molar-refractivity contribution >= 4 is 17.5 Å². The molecule has 19 heavy (non-hydrogen) atoms. The van der Waals surface area contributed by atoms with Crippen molar-refractivity contribution in [2.75, 3.05) is 12.4 Å². The third-order valence-corrected chi connectivity index (χ3v) is 2.36. The van der Waals surface area contributed by atoms with E-state index in [1.54, 1.807) is 7.11 Å². The van der Waals surface area contributed by atoms with Crippen LogP contribution < -0.4 is 5.32 Å². The van der Waals surface area contributed by atoms with Gasteiger partial charge >= 0.3 is 5.97 Å². The molecule has 1 aromatic carbocycles. The van der Waals surface area contributed by atoms with Crippen LogP contribution in [0.1, 0.15) is 16.1 Å². The SMILES string of the molecule is COCc1cccc(Nc2cncc(C(=O)O)n2)c1. The molecule has 0 aliphatic heterocycles. The summed E-state index contributed by atoms with van der Waals surface area (Å²) in [6.07, 6.45) is 2.67. The van der Waals surface area contributed by atoms with Crippen LogP contribution in [0, 0.1) is 0 Å². The lowest BCUT2D eigenvalue weighted by atomic mass is 10.2. The molecule has 0 amide bonds. The molecular formula is C13H13N3O3. The fourth-order valence-electron chi connectivity index (χ4n) is 1.58. The molecule has 2 rings (SSSR count). The molecule has 0 unspecified atom stereocenters. The Morgan fingerprint density at radius 2 is 2.26 bits per heavy atom. The largest absolute Gasteiger partial charge is 0.476 e. The van der Waals surface area contributed by atoms with Crippen LogP contribution in [0.4, 0.5) is 11.5 Å². The standard InChI is InChI=1S/C13H13N3O3/c1-19-8-9-3-2-4-10(5-9)15-12-7-14-6-11(16-12)13(17)18/h2-7H,8H2,1H3,(H,15,16)(H,17,18). The average molecular weight is 259 g/mol. The van der Waals surface area contributed by atoms with Crippen molar-refractivity contribution in [3.05, 3.63) is 47.9 Å².